The number of hydrogen-bond acceptors (Lipinski definition) is 3. The van der Waals surface area contributed by atoms with Crippen molar-refractivity contribution in [1.29, 1.82) is 0 Å². The van der Waals surface area contributed by atoms with Gasteiger partial charge in [0.25, 0.3) is 0 Å². The smallest absolute Gasteiger partial charge is 0.125 e. The molecule has 1 unspecified atom stereocenters. The van der Waals surface area contributed by atoms with E-state index in [1.54, 1.807) is 7.11 Å². The maximum atomic E-state index is 5.85. The molecule has 1 aromatic carbocycles. The fourth-order valence-corrected chi connectivity index (χ4v) is 2.18. The predicted molar refractivity (Wildman–Crippen MR) is 82.8 cm³/mol. The molecule has 1 aromatic rings. The van der Waals surface area contributed by atoms with E-state index in [9.17, 15) is 0 Å². The van der Waals surface area contributed by atoms with Crippen LogP contribution in [0.2, 0.25) is 0 Å². The van der Waals surface area contributed by atoms with Gasteiger partial charge < -0.3 is 14.2 Å². The number of hydrogen-bond donors (Lipinski definition) is 0. The summed E-state index contributed by atoms with van der Waals surface area (Å²) >= 11 is 0. The van der Waals surface area contributed by atoms with Crippen LogP contribution in [0.15, 0.2) is 12.1 Å². The van der Waals surface area contributed by atoms with Crippen LogP contribution < -0.4 is 4.74 Å². The fourth-order valence-electron chi connectivity index (χ4n) is 2.18. The molecule has 0 radical (unpaired) electrons. The molecule has 1 rings (SSSR count). The summed E-state index contributed by atoms with van der Waals surface area (Å²) in [6, 6.07) is 4.48. The summed E-state index contributed by atoms with van der Waals surface area (Å²) in [6.45, 7) is 11.1. The van der Waals surface area contributed by atoms with Gasteiger partial charge in [0, 0.05) is 7.11 Å². The van der Waals surface area contributed by atoms with Crippen LogP contribution in [0.5, 0.6) is 5.75 Å². The molecule has 3 nitrogen and oxygen atoms in total. The molecule has 114 valence electrons. The zero-order chi connectivity index (χ0) is 15.0. The molecule has 0 heterocycles. The van der Waals surface area contributed by atoms with Crippen LogP contribution in [0, 0.1) is 13.8 Å². The first-order valence-electron chi connectivity index (χ1n) is 7.40. The third-order valence-corrected chi connectivity index (χ3v) is 3.57. The molecule has 0 bridgehead atoms. The van der Waals surface area contributed by atoms with Crippen molar-refractivity contribution in [2.75, 3.05) is 33.5 Å². The summed E-state index contributed by atoms with van der Waals surface area (Å²) in [5.41, 5.74) is 3.81. The van der Waals surface area contributed by atoms with Crippen molar-refractivity contribution >= 4 is 0 Å². The maximum Gasteiger partial charge on any atom is 0.125 e. The highest BCUT2D eigenvalue weighted by Gasteiger charge is 2.10. The average Bonchev–Trinajstić information content (AvgIpc) is 2.43. The lowest BCUT2D eigenvalue weighted by atomic mass is 9.94. The van der Waals surface area contributed by atoms with Gasteiger partial charge in [0.2, 0.25) is 0 Å². The quantitative estimate of drug-likeness (QED) is 0.643. The molecule has 1 atom stereocenters. The monoisotopic (exact) mass is 280 g/mol. The molecule has 0 aliphatic rings. The Morgan fingerprint density at radius 2 is 1.60 bits per heavy atom. The standard InChI is InChI=1S/C17H28O3/c1-6-13(2)16-11-14(3)17(15(4)12-16)20-10-9-19-8-7-18-5/h11-13H,6-10H2,1-5H3. The van der Waals surface area contributed by atoms with Crippen LogP contribution in [0.1, 0.15) is 42.9 Å². The van der Waals surface area contributed by atoms with Crippen LogP contribution in [0.3, 0.4) is 0 Å². The first-order valence-corrected chi connectivity index (χ1v) is 7.40. The molecule has 0 amide bonds. The molecule has 20 heavy (non-hydrogen) atoms. The van der Waals surface area contributed by atoms with E-state index in [-0.39, 0.29) is 0 Å². The second-order valence-electron chi connectivity index (χ2n) is 5.25. The lowest BCUT2D eigenvalue weighted by Gasteiger charge is -2.16. The van der Waals surface area contributed by atoms with Gasteiger partial charge in [0.1, 0.15) is 12.4 Å². The number of ether oxygens (including phenoxy) is 3. The van der Waals surface area contributed by atoms with E-state index >= 15 is 0 Å². The number of rotatable bonds is 9. The third-order valence-electron chi connectivity index (χ3n) is 3.57. The van der Waals surface area contributed by atoms with Crippen molar-refractivity contribution in [3.8, 4) is 5.75 Å². The van der Waals surface area contributed by atoms with E-state index in [0.29, 0.717) is 32.3 Å². The predicted octanol–water partition coefficient (Wildman–Crippen LogP) is 3.86. The number of methoxy groups -OCH3 is 1. The summed E-state index contributed by atoms with van der Waals surface area (Å²) in [4.78, 5) is 0. The second-order valence-corrected chi connectivity index (χ2v) is 5.25. The molecule has 0 aliphatic heterocycles. The molecule has 0 saturated heterocycles. The maximum absolute atomic E-state index is 5.85. The summed E-state index contributed by atoms with van der Waals surface area (Å²) in [6.07, 6.45) is 1.16. The second kappa shape index (κ2) is 8.98. The first kappa shape index (κ1) is 17.0. The molecule has 0 fully saturated rings. The zero-order valence-electron chi connectivity index (χ0n) is 13.5. The van der Waals surface area contributed by atoms with E-state index in [1.807, 2.05) is 0 Å². The van der Waals surface area contributed by atoms with E-state index in [2.05, 4.69) is 39.8 Å². The van der Waals surface area contributed by atoms with E-state index in [0.717, 1.165) is 12.2 Å². The van der Waals surface area contributed by atoms with Gasteiger partial charge in [-0.3, -0.25) is 0 Å². The topological polar surface area (TPSA) is 27.7 Å². The minimum atomic E-state index is 0.577. The Labute approximate surface area is 123 Å². The molecule has 0 spiro atoms. The van der Waals surface area contributed by atoms with Crippen molar-refractivity contribution < 1.29 is 14.2 Å². The Hall–Kier alpha value is -1.06. The highest BCUT2D eigenvalue weighted by Crippen LogP contribution is 2.29. The van der Waals surface area contributed by atoms with E-state index in [4.69, 9.17) is 14.2 Å². The van der Waals surface area contributed by atoms with Gasteiger partial charge in [-0.1, -0.05) is 26.0 Å². The lowest BCUT2D eigenvalue weighted by molar-refractivity contribution is 0.0542. The number of benzene rings is 1. The Kier molecular flexibility index (Phi) is 7.63. The van der Waals surface area contributed by atoms with Gasteiger partial charge in [0.05, 0.1) is 19.8 Å². The van der Waals surface area contributed by atoms with E-state index in [1.165, 1.54) is 16.7 Å². The molecular weight excluding hydrogens is 252 g/mol. The fraction of sp³-hybridized carbons (Fsp3) is 0.647. The summed E-state index contributed by atoms with van der Waals surface area (Å²) < 4.78 is 16.2. The molecule has 0 saturated carbocycles. The average molecular weight is 280 g/mol. The summed E-state index contributed by atoms with van der Waals surface area (Å²) in [5.74, 6) is 1.59. The van der Waals surface area contributed by atoms with E-state index < -0.39 is 0 Å². The number of aryl methyl sites for hydroxylation is 2. The van der Waals surface area contributed by atoms with Crippen molar-refractivity contribution in [2.45, 2.75) is 40.0 Å². The molecular formula is C17H28O3. The van der Waals surface area contributed by atoms with Crippen LogP contribution in [0.25, 0.3) is 0 Å². The normalized spacial score (nSPS) is 12.4. The van der Waals surface area contributed by atoms with Gasteiger partial charge in [-0.05, 0) is 42.9 Å². The van der Waals surface area contributed by atoms with Crippen LogP contribution in [0.4, 0.5) is 0 Å². The minimum Gasteiger partial charge on any atom is -0.491 e. The van der Waals surface area contributed by atoms with Crippen molar-refractivity contribution in [2.24, 2.45) is 0 Å². The molecule has 3 heteroatoms. The SMILES string of the molecule is CCC(C)c1cc(C)c(OCCOCCOC)c(C)c1. The van der Waals surface area contributed by atoms with Crippen molar-refractivity contribution in [3.63, 3.8) is 0 Å². The van der Waals surface area contributed by atoms with Crippen molar-refractivity contribution in [1.82, 2.24) is 0 Å². The van der Waals surface area contributed by atoms with Crippen LogP contribution >= 0.6 is 0 Å². The van der Waals surface area contributed by atoms with Gasteiger partial charge in [-0.25, -0.2) is 0 Å². The summed E-state index contributed by atoms with van der Waals surface area (Å²) in [7, 11) is 1.67. The molecule has 0 aliphatic carbocycles. The van der Waals surface area contributed by atoms with Crippen molar-refractivity contribution in [3.05, 3.63) is 28.8 Å². The Morgan fingerprint density at radius 1 is 1.00 bits per heavy atom. The third kappa shape index (κ3) is 5.14. The minimum absolute atomic E-state index is 0.577. The van der Waals surface area contributed by atoms with Crippen LogP contribution in [-0.2, 0) is 9.47 Å². The highest BCUT2D eigenvalue weighted by atomic mass is 16.5. The Balaban J connectivity index is 2.54. The van der Waals surface area contributed by atoms with Crippen LogP contribution in [-0.4, -0.2) is 33.5 Å². The summed E-state index contributed by atoms with van der Waals surface area (Å²) in [5, 5.41) is 0. The van der Waals surface area contributed by atoms with Gasteiger partial charge in [0.15, 0.2) is 0 Å². The zero-order valence-corrected chi connectivity index (χ0v) is 13.5. The largest absolute Gasteiger partial charge is 0.491 e. The van der Waals surface area contributed by atoms with Gasteiger partial charge in [-0.2, -0.15) is 0 Å². The highest BCUT2D eigenvalue weighted by molar-refractivity contribution is 5.44. The van der Waals surface area contributed by atoms with Gasteiger partial charge in [-0.15, -0.1) is 0 Å². The first-order chi connectivity index (χ1) is 9.60. The Morgan fingerprint density at radius 3 is 2.15 bits per heavy atom. The Bertz CT molecular complexity index is 378. The van der Waals surface area contributed by atoms with Gasteiger partial charge >= 0.3 is 0 Å². The molecule has 0 N–H and O–H groups in total. The lowest BCUT2D eigenvalue weighted by Crippen LogP contribution is -2.11. The molecule has 0 aromatic heterocycles.